The van der Waals surface area contributed by atoms with Gasteiger partial charge in [-0.2, -0.15) is 0 Å². The molecule has 1 heterocycles. The third-order valence-electron chi connectivity index (χ3n) is 5.16. The molecule has 3 amide bonds. The van der Waals surface area contributed by atoms with E-state index in [-0.39, 0.29) is 24.3 Å². The molecule has 0 spiro atoms. The number of hydrogen-bond acceptors (Lipinski definition) is 3. The lowest BCUT2D eigenvalue weighted by atomic mass is 10.1. The Morgan fingerprint density at radius 1 is 1.03 bits per heavy atom. The van der Waals surface area contributed by atoms with Gasteiger partial charge in [0.1, 0.15) is 5.82 Å². The Morgan fingerprint density at radius 3 is 2.30 bits per heavy atom. The van der Waals surface area contributed by atoms with Crippen LogP contribution in [0, 0.1) is 12.7 Å². The molecule has 0 aliphatic carbocycles. The molecule has 1 fully saturated rings. The number of piperazine rings is 1. The number of aryl methyl sites for hydroxylation is 1. The third kappa shape index (κ3) is 4.74. The van der Waals surface area contributed by atoms with E-state index < -0.39 is 5.82 Å². The van der Waals surface area contributed by atoms with Crippen LogP contribution in [-0.2, 0) is 11.3 Å². The van der Waals surface area contributed by atoms with Crippen LogP contribution in [0.25, 0.3) is 0 Å². The van der Waals surface area contributed by atoms with Crippen molar-refractivity contribution in [1.82, 2.24) is 15.1 Å². The maximum Gasteiger partial charge on any atom is 0.254 e. The van der Waals surface area contributed by atoms with E-state index in [0.29, 0.717) is 48.4 Å². The lowest BCUT2D eigenvalue weighted by molar-refractivity contribution is -0.116. The van der Waals surface area contributed by atoms with Crippen molar-refractivity contribution in [2.75, 3.05) is 26.2 Å². The highest BCUT2D eigenvalue weighted by Crippen LogP contribution is 2.16. The quantitative estimate of drug-likeness (QED) is 0.772. The molecule has 1 saturated heterocycles. The number of amides is 3. The van der Waals surface area contributed by atoms with Gasteiger partial charge in [0, 0.05) is 43.9 Å². The zero-order valence-electron chi connectivity index (χ0n) is 16.9. The van der Waals surface area contributed by atoms with E-state index in [2.05, 4.69) is 11.9 Å². The first-order chi connectivity index (χ1) is 14.4. The molecule has 0 unspecified atom stereocenters. The first-order valence-corrected chi connectivity index (χ1v) is 9.73. The molecule has 3 rings (SSSR count). The Morgan fingerprint density at radius 2 is 1.67 bits per heavy atom. The summed E-state index contributed by atoms with van der Waals surface area (Å²) in [5.41, 5.74) is 2.03. The van der Waals surface area contributed by atoms with Crippen molar-refractivity contribution >= 4 is 17.7 Å². The van der Waals surface area contributed by atoms with Gasteiger partial charge in [-0.05, 0) is 42.3 Å². The largest absolute Gasteiger partial charge is 0.348 e. The van der Waals surface area contributed by atoms with Crippen LogP contribution in [0.4, 0.5) is 4.39 Å². The number of carbonyl (C=O) groups is 3. The lowest BCUT2D eigenvalue weighted by Gasteiger charge is -2.35. The summed E-state index contributed by atoms with van der Waals surface area (Å²) in [7, 11) is 0. The molecule has 7 heteroatoms. The molecule has 2 aromatic carbocycles. The number of carbonyl (C=O) groups excluding carboxylic acids is 3. The van der Waals surface area contributed by atoms with E-state index in [4.69, 9.17) is 0 Å². The number of hydrogen-bond donors (Lipinski definition) is 1. The Balaban J connectivity index is 1.64. The van der Waals surface area contributed by atoms with Crippen LogP contribution in [0.3, 0.4) is 0 Å². The highest BCUT2D eigenvalue weighted by Gasteiger charge is 2.26. The maximum absolute atomic E-state index is 13.8. The van der Waals surface area contributed by atoms with E-state index in [9.17, 15) is 18.8 Å². The zero-order chi connectivity index (χ0) is 21.7. The molecular formula is C23H24FN3O3. The van der Waals surface area contributed by atoms with E-state index >= 15 is 0 Å². The van der Waals surface area contributed by atoms with Crippen LogP contribution in [-0.4, -0.2) is 53.7 Å². The summed E-state index contributed by atoms with van der Waals surface area (Å²) in [5.74, 6) is -1.10. The summed E-state index contributed by atoms with van der Waals surface area (Å²) >= 11 is 0. The number of benzene rings is 2. The molecule has 0 saturated carbocycles. The second kappa shape index (κ2) is 9.35. The summed E-state index contributed by atoms with van der Waals surface area (Å²) in [4.78, 5) is 40.4. The van der Waals surface area contributed by atoms with Gasteiger partial charge in [-0.3, -0.25) is 14.4 Å². The summed E-state index contributed by atoms with van der Waals surface area (Å²) < 4.78 is 13.8. The number of rotatable bonds is 5. The van der Waals surface area contributed by atoms with Gasteiger partial charge in [-0.25, -0.2) is 4.39 Å². The highest BCUT2D eigenvalue weighted by molar-refractivity contribution is 5.97. The van der Waals surface area contributed by atoms with Gasteiger partial charge < -0.3 is 15.1 Å². The standard InChI is InChI=1S/C23H24FN3O3/c1-3-21(28)25-15-18-6-4-5-7-19(18)23(30)27-12-10-26(11-13-27)22(29)17-9-8-16(2)20(24)14-17/h3-9,14H,1,10-13,15H2,2H3,(H,25,28). The van der Waals surface area contributed by atoms with Crippen LogP contribution in [0.15, 0.2) is 55.1 Å². The predicted octanol–water partition coefficient (Wildman–Crippen LogP) is 2.53. The van der Waals surface area contributed by atoms with Gasteiger partial charge in [-0.15, -0.1) is 0 Å². The Hall–Kier alpha value is -3.48. The predicted molar refractivity (Wildman–Crippen MR) is 111 cm³/mol. The minimum atomic E-state index is -0.408. The van der Waals surface area contributed by atoms with Crippen LogP contribution in [0.5, 0.6) is 0 Å². The second-order valence-corrected chi connectivity index (χ2v) is 7.13. The van der Waals surface area contributed by atoms with Crippen molar-refractivity contribution < 1.29 is 18.8 Å². The molecule has 1 aliphatic heterocycles. The minimum absolute atomic E-state index is 0.146. The molecular weight excluding hydrogens is 385 g/mol. The molecule has 156 valence electrons. The molecule has 0 atom stereocenters. The monoisotopic (exact) mass is 409 g/mol. The van der Waals surface area contributed by atoms with Gasteiger partial charge in [0.2, 0.25) is 5.91 Å². The fourth-order valence-electron chi connectivity index (χ4n) is 3.33. The molecule has 1 aliphatic rings. The van der Waals surface area contributed by atoms with Gasteiger partial charge in [-0.1, -0.05) is 30.8 Å². The molecule has 6 nitrogen and oxygen atoms in total. The van der Waals surface area contributed by atoms with Crippen LogP contribution >= 0.6 is 0 Å². The molecule has 30 heavy (non-hydrogen) atoms. The Labute approximate surface area is 175 Å². The fraction of sp³-hybridized carbons (Fsp3) is 0.261. The average Bonchev–Trinajstić information content (AvgIpc) is 2.78. The second-order valence-electron chi connectivity index (χ2n) is 7.13. The first-order valence-electron chi connectivity index (χ1n) is 9.73. The first kappa shape index (κ1) is 21.2. The SMILES string of the molecule is C=CC(=O)NCc1ccccc1C(=O)N1CCN(C(=O)c2ccc(C)c(F)c2)CC1. The van der Waals surface area contributed by atoms with Crippen molar-refractivity contribution in [3.05, 3.63) is 83.2 Å². The summed E-state index contributed by atoms with van der Waals surface area (Å²) in [6, 6.07) is 11.6. The van der Waals surface area contributed by atoms with E-state index in [1.165, 1.54) is 12.1 Å². The van der Waals surface area contributed by atoms with E-state index in [0.717, 1.165) is 0 Å². The van der Waals surface area contributed by atoms with Crippen LogP contribution < -0.4 is 5.32 Å². The van der Waals surface area contributed by atoms with Crippen LogP contribution in [0.2, 0.25) is 0 Å². The molecule has 2 aromatic rings. The topological polar surface area (TPSA) is 69.7 Å². The van der Waals surface area contributed by atoms with Gasteiger partial charge in [0.25, 0.3) is 11.8 Å². The van der Waals surface area contributed by atoms with E-state index in [1.54, 1.807) is 47.1 Å². The maximum atomic E-state index is 13.8. The summed E-state index contributed by atoms with van der Waals surface area (Å²) in [6.45, 7) is 6.79. The molecule has 1 N–H and O–H groups in total. The Bertz CT molecular complexity index is 981. The molecule has 0 aromatic heterocycles. The average molecular weight is 409 g/mol. The normalized spacial score (nSPS) is 13.7. The number of nitrogens with one attached hydrogen (secondary N) is 1. The van der Waals surface area contributed by atoms with E-state index in [1.807, 2.05) is 6.07 Å². The number of halogens is 1. The van der Waals surface area contributed by atoms with Crippen molar-refractivity contribution in [2.24, 2.45) is 0 Å². The third-order valence-corrected chi connectivity index (χ3v) is 5.16. The fourth-order valence-corrected chi connectivity index (χ4v) is 3.33. The summed E-state index contributed by atoms with van der Waals surface area (Å²) in [6.07, 6.45) is 1.18. The van der Waals surface area contributed by atoms with Gasteiger partial charge in [0.15, 0.2) is 0 Å². The van der Waals surface area contributed by atoms with Crippen molar-refractivity contribution in [1.29, 1.82) is 0 Å². The smallest absolute Gasteiger partial charge is 0.254 e. The molecule has 0 radical (unpaired) electrons. The van der Waals surface area contributed by atoms with Crippen molar-refractivity contribution in [3.8, 4) is 0 Å². The molecule has 0 bridgehead atoms. The lowest BCUT2D eigenvalue weighted by Crippen LogP contribution is -2.50. The van der Waals surface area contributed by atoms with Crippen molar-refractivity contribution in [3.63, 3.8) is 0 Å². The summed E-state index contributed by atoms with van der Waals surface area (Å²) in [5, 5.41) is 2.68. The van der Waals surface area contributed by atoms with Gasteiger partial charge in [0.05, 0.1) is 0 Å². The van der Waals surface area contributed by atoms with Crippen molar-refractivity contribution in [2.45, 2.75) is 13.5 Å². The van der Waals surface area contributed by atoms with Gasteiger partial charge >= 0.3 is 0 Å². The van der Waals surface area contributed by atoms with Crippen LogP contribution in [0.1, 0.15) is 31.8 Å². The Kier molecular flexibility index (Phi) is 6.61. The number of nitrogens with zero attached hydrogens (tertiary/aromatic N) is 2. The highest BCUT2D eigenvalue weighted by atomic mass is 19.1. The zero-order valence-corrected chi connectivity index (χ0v) is 16.9. The minimum Gasteiger partial charge on any atom is -0.348 e.